The predicted molar refractivity (Wildman–Crippen MR) is 68.4 cm³/mol. The molecule has 1 aliphatic heterocycles. The Hall–Kier alpha value is -1.57. The van der Waals surface area contributed by atoms with Crippen LogP contribution in [0.2, 0.25) is 0 Å². The van der Waals surface area contributed by atoms with Crippen molar-refractivity contribution in [2.24, 2.45) is 0 Å². The molecule has 4 heteroatoms. The van der Waals surface area contributed by atoms with Crippen molar-refractivity contribution in [1.29, 1.82) is 5.26 Å². The van der Waals surface area contributed by atoms with Crippen LogP contribution in [0.3, 0.4) is 0 Å². The second-order valence-electron chi connectivity index (χ2n) is 4.44. The van der Waals surface area contributed by atoms with Gasteiger partial charge in [0.2, 0.25) is 0 Å². The Kier molecular flexibility index (Phi) is 4.57. The van der Waals surface area contributed by atoms with Crippen molar-refractivity contribution in [3.63, 3.8) is 0 Å². The summed E-state index contributed by atoms with van der Waals surface area (Å²) in [7, 11) is 1.58. The fraction of sp³-hybridized carbons (Fsp3) is 0.500. The van der Waals surface area contributed by atoms with Crippen LogP contribution in [0, 0.1) is 11.3 Å². The summed E-state index contributed by atoms with van der Waals surface area (Å²) in [5, 5.41) is 12.5. The van der Waals surface area contributed by atoms with E-state index in [1.165, 1.54) is 0 Å². The lowest BCUT2D eigenvalue weighted by Crippen LogP contribution is -2.36. The van der Waals surface area contributed by atoms with Crippen LogP contribution in [0.25, 0.3) is 0 Å². The van der Waals surface area contributed by atoms with Crippen molar-refractivity contribution in [2.75, 3.05) is 20.3 Å². The van der Waals surface area contributed by atoms with Gasteiger partial charge in [0.05, 0.1) is 19.3 Å². The molecule has 1 aromatic rings. The molecule has 0 saturated carbocycles. The Morgan fingerprint density at radius 2 is 2.44 bits per heavy atom. The molecule has 4 nitrogen and oxygen atoms in total. The summed E-state index contributed by atoms with van der Waals surface area (Å²) in [6.07, 6.45) is 2.27. The molecular weight excluding hydrogens is 228 g/mol. The molecule has 96 valence electrons. The van der Waals surface area contributed by atoms with Gasteiger partial charge in [-0.3, -0.25) is 0 Å². The zero-order chi connectivity index (χ0) is 12.8. The van der Waals surface area contributed by atoms with E-state index in [0.29, 0.717) is 17.4 Å². The number of nitriles is 1. The minimum atomic E-state index is 0.423. The second kappa shape index (κ2) is 6.39. The highest BCUT2D eigenvalue weighted by Gasteiger charge is 2.13. The molecule has 0 aliphatic carbocycles. The summed E-state index contributed by atoms with van der Waals surface area (Å²) in [5.41, 5.74) is 1.68. The van der Waals surface area contributed by atoms with Crippen LogP contribution in [0.1, 0.15) is 24.0 Å². The van der Waals surface area contributed by atoms with E-state index in [1.807, 2.05) is 18.2 Å². The minimum absolute atomic E-state index is 0.423. The van der Waals surface area contributed by atoms with Gasteiger partial charge in [-0.05, 0) is 30.5 Å². The molecule has 1 atom stereocenters. The average Bonchev–Trinajstić information content (AvgIpc) is 2.45. The van der Waals surface area contributed by atoms with Crippen LogP contribution in [0.15, 0.2) is 18.2 Å². The summed E-state index contributed by atoms with van der Waals surface area (Å²) in [5.74, 6) is 0.627. The minimum Gasteiger partial charge on any atom is -0.495 e. The Morgan fingerprint density at radius 3 is 3.11 bits per heavy atom. The lowest BCUT2D eigenvalue weighted by Gasteiger charge is -2.23. The molecule has 0 spiro atoms. The van der Waals surface area contributed by atoms with E-state index in [2.05, 4.69) is 11.4 Å². The quantitative estimate of drug-likeness (QED) is 0.880. The Bertz CT molecular complexity index is 434. The van der Waals surface area contributed by atoms with Crippen LogP contribution in [-0.4, -0.2) is 26.4 Å². The molecule has 1 heterocycles. The molecule has 1 N–H and O–H groups in total. The predicted octanol–water partition coefficient (Wildman–Crippen LogP) is 1.84. The van der Waals surface area contributed by atoms with Crippen molar-refractivity contribution in [3.8, 4) is 11.8 Å². The molecule has 1 fully saturated rings. The highest BCUT2D eigenvalue weighted by atomic mass is 16.5. The third-order valence-corrected chi connectivity index (χ3v) is 3.14. The number of hydrogen-bond acceptors (Lipinski definition) is 4. The van der Waals surface area contributed by atoms with Gasteiger partial charge in [-0.2, -0.15) is 5.26 Å². The van der Waals surface area contributed by atoms with E-state index >= 15 is 0 Å². The van der Waals surface area contributed by atoms with Crippen LogP contribution in [0.4, 0.5) is 0 Å². The van der Waals surface area contributed by atoms with E-state index in [-0.39, 0.29) is 0 Å². The molecule has 1 aliphatic rings. The first-order chi connectivity index (χ1) is 8.83. The van der Waals surface area contributed by atoms with Gasteiger partial charge >= 0.3 is 0 Å². The van der Waals surface area contributed by atoms with Gasteiger partial charge < -0.3 is 14.8 Å². The average molecular weight is 246 g/mol. The van der Waals surface area contributed by atoms with Gasteiger partial charge in [0, 0.05) is 19.2 Å². The Morgan fingerprint density at radius 1 is 1.56 bits per heavy atom. The SMILES string of the molecule is COc1ccc(CN[C@@H]2CCCOC2)cc1C#N. The largest absolute Gasteiger partial charge is 0.495 e. The number of nitrogens with one attached hydrogen (secondary N) is 1. The number of rotatable bonds is 4. The first-order valence-corrected chi connectivity index (χ1v) is 6.21. The van der Waals surface area contributed by atoms with Crippen LogP contribution < -0.4 is 10.1 Å². The zero-order valence-electron chi connectivity index (χ0n) is 10.6. The van der Waals surface area contributed by atoms with Gasteiger partial charge in [-0.1, -0.05) is 6.07 Å². The van der Waals surface area contributed by atoms with E-state index < -0.39 is 0 Å². The third kappa shape index (κ3) is 3.22. The number of methoxy groups -OCH3 is 1. The normalized spacial score (nSPS) is 19.2. The maximum absolute atomic E-state index is 9.02. The summed E-state index contributed by atoms with van der Waals surface area (Å²) in [6, 6.07) is 8.26. The van der Waals surface area contributed by atoms with Crippen molar-refractivity contribution < 1.29 is 9.47 Å². The fourth-order valence-corrected chi connectivity index (χ4v) is 2.12. The fourth-order valence-electron chi connectivity index (χ4n) is 2.12. The van der Waals surface area contributed by atoms with Gasteiger partial charge in [-0.25, -0.2) is 0 Å². The van der Waals surface area contributed by atoms with Crippen molar-refractivity contribution in [3.05, 3.63) is 29.3 Å². The molecular formula is C14H18N2O2. The van der Waals surface area contributed by atoms with Gasteiger partial charge in [-0.15, -0.1) is 0 Å². The van der Waals surface area contributed by atoms with E-state index in [0.717, 1.165) is 38.2 Å². The standard InChI is InChI=1S/C14H18N2O2/c1-17-14-5-4-11(7-12(14)8-15)9-16-13-3-2-6-18-10-13/h4-5,7,13,16H,2-3,6,9-10H2,1H3/t13-/m1/s1. The Balaban J connectivity index is 1.95. The summed E-state index contributed by atoms with van der Waals surface area (Å²) < 4.78 is 10.5. The molecule has 1 saturated heterocycles. The Labute approximate surface area is 108 Å². The highest BCUT2D eigenvalue weighted by Crippen LogP contribution is 2.19. The first kappa shape index (κ1) is 12.9. The summed E-state index contributed by atoms with van der Waals surface area (Å²) in [6.45, 7) is 2.41. The molecule has 0 unspecified atom stereocenters. The number of hydrogen-bond donors (Lipinski definition) is 1. The molecule has 1 aromatic carbocycles. The van der Waals surface area contributed by atoms with Gasteiger partial charge in [0.15, 0.2) is 0 Å². The van der Waals surface area contributed by atoms with Crippen molar-refractivity contribution in [1.82, 2.24) is 5.32 Å². The number of ether oxygens (including phenoxy) is 2. The van der Waals surface area contributed by atoms with E-state index in [4.69, 9.17) is 14.7 Å². The first-order valence-electron chi connectivity index (χ1n) is 6.21. The van der Waals surface area contributed by atoms with Gasteiger partial charge in [0.25, 0.3) is 0 Å². The molecule has 18 heavy (non-hydrogen) atoms. The lowest BCUT2D eigenvalue weighted by molar-refractivity contribution is 0.0699. The van der Waals surface area contributed by atoms with E-state index in [1.54, 1.807) is 7.11 Å². The van der Waals surface area contributed by atoms with Gasteiger partial charge in [0.1, 0.15) is 11.8 Å². The summed E-state index contributed by atoms with van der Waals surface area (Å²) in [4.78, 5) is 0. The van der Waals surface area contributed by atoms with Crippen LogP contribution in [0.5, 0.6) is 5.75 Å². The number of benzene rings is 1. The van der Waals surface area contributed by atoms with E-state index in [9.17, 15) is 0 Å². The molecule has 0 aromatic heterocycles. The molecule has 0 radical (unpaired) electrons. The topological polar surface area (TPSA) is 54.3 Å². The maximum atomic E-state index is 9.02. The molecule has 2 rings (SSSR count). The lowest BCUT2D eigenvalue weighted by atomic mass is 10.1. The van der Waals surface area contributed by atoms with Crippen molar-refractivity contribution in [2.45, 2.75) is 25.4 Å². The monoisotopic (exact) mass is 246 g/mol. The molecule has 0 amide bonds. The summed E-state index contributed by atoms with van der Waals surface area (Å²) >= 11 is 0. The van der Waals surface area contributed by atoms with Crippen LogP contribution in [-0.2, 0) is 11.3 Å². The van der Waals surface area contributed by atoms with Crippen molar-refractivity contribution >= 4 is 0 Å². The number of nitrogens with zero attached hydrogens (tertiary/aromatic N) is 1. The second-order valence-corrected chi connectivity index (χ2v) is 4.44. The maximum Gasteiger partial charge on any atom is 0.136 e. The van der Waals surface area contributed by atoms with Crippen LogP contribution >= 0.6 is 0 Å². The molecule has 0 bridgehead atoms. The highest BCUT2D eigenvalue weighted by molar-refractivity contribution is 5.45. The smallest absolute Gasteiger partial charge is 0.136 e. The third-order valence-electron chi connectivity index (χ3n) is 3.14. The zero-order valence-corrected chi connectivity index (χ0v) is 10.6.